The van der Waals surface area contributed by atoms with Gasteiger partial charge in [-0.25, -0.2) is 9.79 Å². The van der Waals surface area contributed by atoms with Crippen molar-refractivity contribution in [3.05, 3.63) is 107 Å². The number of rotatable bonds is 5. The van der Waals surface area contributed by atoms with Gasteiger partial charge in [0.2, 0.25) is 0 Å². The summed E-state index contributed by atoms with van der Waals surface area (Å²) in [5.74, 6) is 0.0172. The first kappa shape index (κ1) is 25.3. The molecule has 0 bridgehead atoms. The summed E-state index contributed by atoms with van der Waals surface area (Å²) in [6.45, 7) is 3.68. The molecule has 6 nitrogen and oxygen atoms in total. The Bertz CT molecular complexity index is 1770. The third-order valence-corrected chi connectivity index (χ3v) is 8.03. The fourth-order valence-corrected chi connectivity index (χ4v) is 5.97. The predicted molar refractivity (Wildman–Crippen MR) is 147 cm³/mol. The topological polar surface area (TPSA) is 69.9 Å². The SMILES string of the molecule is CCOC(=O)C1=C(C)N=c2s/c(=C/c3cccc(Cl)c3Cl)c(=O)n2[C@@H]1c1c(OC)ccc2ccccc12. The van der Waals surface area contributed by atoms with E-state index in [1.54, 1.807) is 49.8 Å². The molecule has 0 unspecified atom stereocenters. The van der Waals surface area contributed by atoms with E-state index in [1.807, 2.05) is 36.4 Å². The van der Waals surface area contributed by atoms with E-state index >= 15 is 0 Å². The highest BCUT2D eigenvalue weighted by Crippen LogP contribution is 2.40. The van der Waals surface area contributed by atoms with Crippen molar-refractivity contribution in [3.8, 4) is 5.75 Å². The van der Waals surface area contributed by atoms with Gasteiger partial charge in [-0.3, -0.25) is 9.36 Å². The van der Waals surface area contributed by atoms with Crippen molar-refractivity contribution in [2.45, 2.75) is 19.9 Å². The maximum atomic E-state index is 14.0. The first-order valence-corrected chi connectivity index (χ1v) is 13.1. The van der Waals surface area contributed by atoms with Crippen LogP contribution in [0.4, 0.5) is 0 Å². The maximum Gasteiger partial charge on any atom is 0.338 e. The highest BCUT2D eigenvalue weighted by molar-refractivity contribution is 7.07. The molecule has 1 aliphatic heterocycles. The number of allylic oxidation sites excluding steroid dienone is 1. The zero-order valence-electron chi connectivity index (χ0n) is 20.2. The first-order chi connectivity index (χ1) is 17.8. The van der Waals surface area contributed by atoms with Crippen molar-refractivity contribution < 1.29 is 14.3 Å². The fraction of sp³-hybridized carbons (Fsp3) is 0.179. The van der Waals surface area contributed by atoms with Crippen molar-refractivity contribution in [3.63, 3.8) is 0 Å². The average Bonchev–Trinajstić information content (AvgIpc) is 3.19. The Morgan fingerprint density at radius 2 is 1.92 bits per heavy atom. The Morgan fingerprint density at radius 1 is 1.14 bits per heavy atom. The summed E-state index contributed by atoms with van der Waals surface area (Å²) >= 11 is 13.8. The molecule has 0 aliphatic carbocycles. The predicted octanol–water partition coefficient (Wildman–Crippen LogP) is 5.27. The number of carbonyl (C=O) groups excluding carboxylic acids is 1. The molecule has 1 aromatic heterocycles. The zero-order valence-corrected chi connectivity index (χ0v) is 22.6. The smallest absolute Gasteiger partial charge is 0.338 e. The Kier molecular flexibility index (Phi) is 6.94. The van der Waals surface area contributed by atoms with Gasteiger partial charge in [-0.1, -0.05) is 77.0 Å². The molecule has 0 saturated heterocycles. The molecule has 1 atom stereocenters. The van der Waals surface area contributed by atoms with E-state index in [0.717, 1.165) is 10.8 Å². The lowest BCUT2D eigenvalue weighted by Gasteiger charge is -2.27. The largest absolute Gasteiger partial charge is 0.496 e. The van der Waals surface area contributed by atoms with Crippen LogP contribution in [0, 0.1) is 0 Å². The molecule has 0 spiro atoms. The number of hydrogen-bond donors (Lipinski definition) is 0. The number of fused-ring (bicyclic) bond motifs is 2. The second-order valence-electron chi connectivity index (χ2n) is 8.35. The van der Waals surface area contributed by atoms with Gasteiger partial charge in [0.1, 0.15) is 11.8 Å². The molecular formula is C28H22Cl2N2O4S. The summed E-state index contributed by atoms with van der Waals surface area (Å²) < 4.78 is 13.1. The number of aromatic nitrogens is 1. The monoisotopic (exact) mass is 552 g/mol. The molecule has 0 amide bonds. The van der Waals surface area contributed by atoms with Crippen LogP contribution in [0.15, 0.2) is 75.7 Å². The third-order valence-electron chi connectivity index (χ3n) is 6.21. The van der Waals surface area contributed by atoms with Crippen LogP contribution in [0.5, 0.6) is 5.75 Å². The first-order valence-electron chi connectivity index (χ1n) is 11.5. The highest BCUT2D eigenvalue weighted by Gasteiger charge is 2.36. The minimum absolute atomic E-state index is 0.187. The second kappa shape index (κ2) is 10.2. The number of methoxy groups -OCH3 is 1. The lowest BCUT2D eigenvalue weighted by Crippen LogP contribution is -2.40. The van der Waals surface area contributed by atoms with Crippen LogP contribution >= 0.6 is 34.5 Å². The van der Waals surface area contributed by atoms with E-state index in [9.17, 15) is 9.59 Å². The van der Waals surface area contributed by atoms with E-state index in [4.69, 9.17) is 32.7 Å². The zero-order chi connectivity index (χ0) is 26.3. The highest BCUT2D eigenvalue weighted by atomic mass is 35.5. The number of nitrogens with zero attached hydrogens (tertiary/aromatic N) is 2. The Morgan fingerprint density at radius 3 is 2.68 bits per heavy atom. The standard InChI is InChI=1S/C28H22Cl2N2O4S/c1-4-36-27(34)22-15(2)31-28-32(26(33)21(37-28)14-17-9-7-11-19(29)24(17)30)25(22)23-18-10-6-5-8-16(18)12-13-20(23)35-3/h5-14,25H,4H2,1-3H3/b21-14+/t25-/m0/s1. The van der Waals surface area contributed by atoms with E-state index < -0.39 is 12.0 Å². The molecule has 1 aliphatic rings. The lowest BCUT2D eigenvalue weighted by atomic mass is 9.90. The van der Waals surface area contributed by atoms with Gasteiger partial charge in [0, 0.05) is 5.56 Å². The molecular weight excluding hydrogens is 531 g/mol. The van der Waals surface area contributed by atoms with Gasteiger partial charge >= 0.3 is 5.97 Å². The van der Waals surface area contributed by atoms with Gasteiger partial charge in [0.15, 0.2) is 4.80 Å². The van der Waals surface area contributed by atoms with Crippen LogP contribution in [-0.4, -0.2) is 24.3 Å². The minimum Gasteiger partial charge on any atom is -0.496 e. The number of benzene rings is 3. The van der Waals surface area contributed by atoms with Crippen LogP contribution in [0.3, 0.4) is 0 Å². The number of hydrogen-bond acceptors (Lipinski definition) is 6. The van der Waals surface area contributed by atoms with E-state index in [2.05, 4.69) is 4.99 Å². The molecule has 188 valence electrons. The van der Waals surface area contributed by atoms with Gasteiger partial charge in [-0.2, -0.15) is 0 Å². The van der Waals surface area contributed by atoms with Crippen LogP contribution in [-0.2, 0) is 9.53 Å². The summed E-state index contributed by atoms with van der Waals surface area (Å²) in [6.07, 6.45) is 1.69. The van der Waals surface area contributed by atoms with Gasteiger partial charge in [-0.15, -0.1) is 0 Å². The fourth-order valence-electron chi connectivity index (χ4n) is 4.57. The summed E-state index contributed by atoms with van der Waals surface area (Å²) in [5, 5.41) is 2.55. The quantitative estimate of drug-likeness (QED) is 0.316. The molecule has 0 radical (unpaired) electrons. The van der Waals surface area contributed by atoms with Gasteiger partial charge < -0.3 is 9.47 Å². The van der Waals surface area contributed by atoms with E-state index in [-0.39, 0.29) is 17.7 Å². The summed E-state index contributed by atoms with van der Waals surface area (Å²) in [7, 11) is 1.57. The lowest BCUT2D eigenvalue weighted by molar-refractivity contribution is -0.139. The van der Waals surface area contributed by atoms with Gasteiger partial charge in [0.05, 0.1) is 39.6 Å². The number of ether oxygens (including phenoxy) is 2. The number of thiazole rings is 1. The van der Waals surface area contributed by atoms with E-state index in [0.29, 0.717) is 42.0 Å². The molecule has 2 heterocycles. The number of esters is 1. The minimum atomic E-state index is -0.812. The molecule has 37 heavy (non-hydrogen) atoms. The van der Waals surface area contributed by atoms with Crippen molar-refractivity contribution in [1.29, 1.82) is 0 Å². The Labute approximate surface area is 226 Å². The molecule has 5 rings (SSSR count). The molecule has 0 N–H and O–H groups in total. The molecule has 4 aromatic rings. The molecule has 0 fully saturated rings. The van der Waals surface area contributed by atoms with Crippen molar-refractivity contribution in [2.75, 3.05) is 13.7 Å². The third kappa shape index (κ3) is 4.37. The summed E-state index contributed by atoms with van der Waals surface area (Å²) in [6, 6.07) is 16.0. The number of carbonyl (C=O) groups is 1. The van der Waals surface area contributed by atoms with Crippen LogP contribution in [0.2, 0.25) is 10.0 Å². The van der Waals surface area contributed by atoms with Crippen LogP contribution in [0.25, 0.3) is 16.8 Å². The van der Waals surface area contributed by atoms with Gasteiger partial charge in [0.25, 0.3) is 5.56 Å². The Hall–Kier alpha value is -3.39. The van der Waals surface area contributed by atoms with Crippen LogP contribution < -0.4 is 19.6 Å². The Balaban J connectivity index is 1.86. The molecule has 0 saturated carbocycles. The second-order valence-corrected chi connectivity index (χ2v) is 10.1. The van der Waals surface area contributed by atoms with Crippen molar-refractivity contribution in [1.82, 2.24) is 4.57 Å². The van der Waals surface area contributed by atoms with Crippen molar-refractivity contribution >= 4 is 57.4 Å². The molecule has 3 aromatic carbocycles. The maximum absolute atomic E-state index is 14.0. The van der Waals surface area contributed by atoms with Gasteiger partial charge in [-0.05, 0) is 48.4 Å². The normalized spacial score (nSPS) is 15.5. The van der Waals surface area contributed by atoms with Crippen molar-refractivity contribution in [2.24, 2.45) is 4.99 Å². The van der Waals surface area contributed by atoms with Crippen LogP contribution in [0.1, 0.15) is 31.0 Å². The summed E-state index contributed by atoms with van der Waals surface area (Å²) in [4.78, 5) is 32.4. The average molecular weight is 553 g/mol. The number of halogens is 2. The van der Waals surface area contributed by atoms with E-state index in [1.165, 1.54) is 11.3 Å². The molecule has 9 heteroatoms. The summed E-state index contributed by atoms with van der Waals surface area (Å²) in [5.41, 5.74) is 1.75.